The third kappa shape index (κ3) is 5.11. The minimum Gasteiger partial charge on any atom is -0.512 e. The van der Waals surface area contributed by atoms with Crippen molar-refractivity contribution in [3.05, 3.63) is 11.8 Å². The fourth-order valence-electron chi connectivity index (χ4n) is 0.358. The van der Waals surface area contributed by atoms with Crippen molar-refractivity contribution >= 4 is 5.97 Å². The maximum absolute atomic E-state index is 10.4. The molecule has 0 rings (SSSR count). The van der Waals surface area contributed by atoms with Crippen LogP contribution in [0.25, 0.3) is 0 Å². The van der Waals surface area contributed by atoms with Crippen LogP contribution in [-0.4, -0.2) is 29.4 Å². The number of hydrogen-bond donors (Lipinski definition) is 2. The van der Waals surface area contributed by atoms with Crippen molar-refractivity contribution in [2.75, 3.05) is 13.2 Å². The van der Waals surface area contributed by atoms with E-state index in [1.165, 1.54) is 6.92 Å². The lowest BCUT2D eigenvalue weighted by atomic mass is 10.5. The van der Waals surface area contributed by atoms with Crippen LogP contribution < -0.4 is 0 Å². The molecule has 10 heavy (non-hydrogen) atoms. The molecule has 0 aliphatic heterocycles. The summed E-state index contributed by atoms with van der Waals surface area (Å²) in [5, 5.41) is 16.7. The van der Waals surface area contributed by atoms with Crippen LogP contribution in [0.2, 0.25) is 0 Å². The Hall–Kier alpha value is -1.03. The van der Waals surface area contributed by atoms with E-state index in [1.807, 2.05) is 0 Å². The van der Waals surface area contributed by atoms with E-state index in [4.69, 9.17) is 10.2 Å². The second-order valence-corrected chi connectivity index (χ2v) is 1.68. The van der Waals surface area contributed by atoms with Gasteiger partial charge in [0.05, 0.1) is 18.4 Å². The molecule has 0 bridgehead atoms. The molecule has 0 saturated heterocycles. The number of aliphatic hydroxyl groups is 2. The molecule has 0 aliphatic carbocycles. The highest BCUT2D eigenvalue weighted by atomic mass is 16.5. The van der Waals surface area contributed by atoms with Gasteiger partial charge in [0, 0.05) is 0 Å². The topological polar surface area (TPSA) is 66.8 Å². The van der Waals surface area contributed by atoms with E-state index in [2.05, 4.69) is 4.74 Å². The largest absolute Gasteiger partial charge is 0.512 e. The molecule has 0 heterocycles. The Morgan fingerprint density at radius 1 is 1.70 bits per heavy atom. The number of esters is 1. The van der Waals surface area contributed by atoms with Crippen LogP contribution in [0.5, 0.6) is 0 Å². The molecule has 0 amide bonds. The summed E-state index contributed by atoms with van der Waals surface area (Å²) in [5.41, 5.74) is 0. The second-order valence-electron chi connectivity index (χ2n) is 1.68. The van der Waals surface area contributed by atoms with Gasteiger partial charge in [-0.3, -0.25) is 0 Å². The molecular weight excluding hydrogens is 136 g/mol. The third-order valence-electron chi connectivity index (χ3n) is 0.662. The van der Waals surface area contributed by atoms with Crippen molar-refractivity contribution in [2.45, 2.75) is 6.92 Å². The molecule has 0 aromatic carbocycles. The molecule has 2 N–H and O–H groups in total. The first-order chi connectivity index (χ1) is 4.66. The molecule has 4 heteroatoms. The predicted octanol–water partition coefficient (Wildman–Crippen LogP) is -0.0163. The molecule has 58 valence electrons. The SMILES string of the molecule is CC(O)=CC(=O)OCCO. The van der Waals surface area contributed by atoms with Gasteiger partial charge in [0.1, 0.15) is 6.61 Å². The van der Waals surface area contributed by atoms with E-state index >= 15 is 0 Å². The molecule has 0 aliphatic rings. The summed E-state index contributed by atoms with van der Waals surface area (Å²) < 4.78 is 4.38. The number of hydrogen-bond acceptors (Lipinski definition) is 4. The van der Waals surface area contributed by atoms with E-state index < -0.39 is 5.97 Å². The molecule has 0 aromatic rings. The lowest BCUT2D eigenvalue weighted by molar-refractivity contribution is -0.138. The first-order valence-electron chi connectivity index (χ1n) is 2.81. The molecule has 0 radical (unpaired) electrons. The zero-order valence-electron chi connectivity index (χ0n) is 5.70. The summed E-state index contributed by atoms with van der Waals surface area (Å²) in [5.74, 6) is -0.753. The van der Waals surface area contributed by atoms with Gasteiger partial charge in [0.2, 0.25) is 0 Å². The van der Waals surface area contributed by atoms with Crippen molar-refractivity contribution in [3.8, 4) is 0 Å². The number of rotatable bonds is 3. The molecule has 0 unspecified atom stereocenters. The monoisotopic (exact) mass is 146 g/mol. The number of carbonyl (C=O) groups excluding carboxylic acids is 1. The lowest BCUT2D eigenvalue weighted by Crippen LogP contribution is -2.05. The van der Waals surface area contributed by atoms with Gasteiger partial charge < -0.3 is 14.9 Å². The standard InChI is InChI=1S/C6H10O4/c1-5(8)4-6(9)10-3-2-7/h4,7-8H,2-3H2,1H3. The van der Waals surface area contributed by atoms with Gasteiger partial charge in [-0.05, 0) is 6.92 Å². The highest BCUT2D eigenvalue weighted by Crippen LogP contribution is 1.86. The van der Waals surface area contributed by atoms with E-state index in [0.717, 1.165) is 6.08 Å². The average molecular weight is 146 g/mol. The van der Waals surface area contributed by atoms with Crippen LogP contribution in [0.3, 0.4) is 0 Å². The zero-order chi connectivity index (χ0) is 7.98. The Kier molecular flexibility index (Phi) is 4.32. The predicted molar refractivity (Wildman–Crippen MR) is 34.4 cm³/mol. The first kappa shape index (κ1) is 8.97. The van der Waals surface area contributed by atoms with Crippen molar-refractivity contribution in [3.63, 3.8) is 0 Å². The summed E-state index contributed by atoms with van der Waals surface area (Å²) >= 11 is 0. The Bertz CT molecular complexity index is 135. The molecular formula is C6H10O4. The minimum absolute atomic E-state index is 0.0391. The van der Waals surface area contributed by atoms with E-state index in [1.54, 1.807) is 0 Å². The van der Waals surface area contributed by atoms with Crippen LogP contribution in [0.15, 0.2) is 11.8 Å². The molecule has 0 spiro atoms. The van der Waals surface area contributed by atoms with Crippen LogP contribution in [0, 0.1) is 0 Å². The van der Waals surface area contributed by atoms with E-state index in [9.17, 15) is 4.79 Å². The maximum atomic E-state index is 10.4. The van der Waals surface area contributed by atoms with Gasteiger partial charge in [0.15, 0.2) is 0 Å². The van der Waals surface area contributed by atoms with E-state index in [0.29, 0.717) is 0 Å². The fraction of sp³-hybridized carbons (Fsp3) is 0.500. The van der Waals surface area contributed by atoms with E-state index in [-0.39, 0.29) is 19.0 Å². The van der Waals surface area contributed by atoms with Crippen LogP contribution >= 0.6 is 0 Å². The number of ether oxygens (including phenoxy) is 1. The normalized spacial score (nSPS) is 11.2. The highest BCUT2D eigenvalue weighted by Gasteiger charge is 1.96. The maximum Gasteiger partial charge on any atom is 0.334 e. The Morgan fingerprint density at radius 3 is 2.70 bits per heavy atom. The number of allylic oxidation sites excluding steroid dienone is 1. The van der Waals surface area contributed by atoms with Gasteiger partial charge in [0.25, 0.3) is 0 Å². The zero-order valence-corrected chi connectivity index (χ0v) is 5.70. The molecule has 4 nitrogen and oxygen atoms in total. The fourth-order valence-corrected chi connectivity index (χ4v) is 0.358. The molecule has 0 fully saturated rings. The highest BCUT2D eigenvalue weighted by molar-refractivity contribution is 5.82. The molecule has 0 saturated carbocycles. The third-order valence-corrected chi connectivity index (χ3v) is 0.662. The average Bonchev–Trinajstić information content (AvgIpc) is 1.82. The summed E-state index contributed by atoms with van der Waals surface area (Å²) in [4.78, 5) is 10.4. The smallest absolute Gasteiger partial charge is 0.334 e. The molecule has 0 atom stereocenters. The van der Waals surface area contributed by atoms with Gasteiger partial charge in [-0.25, -0.2) is 4.79 Å². The van der Waals surface area contributed by atoms with Gasteiger partial charge >= 0.3 is 5.97 Å². The Morgan fingerprint density at radius 2 is 2.30 bits per heavy atom. The number of carbonyl (C=O) groups is 1. The van der Waals surface area contributed by atoms with Gasteiger partial charge in [-0.15, -0.1) is 0 Å². The van der Waals surface area contributed by atoms with Crippen molar-refractivity contribution in [1.82, 2.24) is 0 Å². The second kappa shape index (κ2) is 4.81. The summed E-state index contributed by atoms with van der Waals surface area (Å²) in [6.45, 7) is 1.12. The number of aliphatic hydroxyl groups excluding tert-OH is 2. The summed E-state index contributed by atoms with van der Waals surface area (Å²) in [6.07, 6.45) is 0.940. The van der Waals surface area contributed by atoms with Crippen molar-refractivity contribution < 1.29 is 19.7 Å². The van der Waals surface area contributed by atoms with Gasteiger partial charge in [-0.1, -0.05) is 0 Å². The summed E-state index contributed by atoms with van der Waals surface area (Å²) in [7, 11) is 0. The van der Waals surface area contributed by atoms with Crippen molar-refractivity contribution in [2.24, 2.45) is 0 Å². The first-order valence-corrected chi connectivity index (χ1v) is 2.81. The van der Waals surface area contributed by atoms with Crippen LogP contribution in [0.4, 0.5) is 0 Å². The summed E-state index contributed by atoms with van der Waals surface area (Å²) in [6, 6.07) is 0. The Balaban J connectivity index is 3.54. The minimum atomic E-state index is -0.644. The Labute approximate surface area is 58.7 Å². The van der Waals surface area contributed by atoms with Crippen molar-refractivity contribution in [1.29, 1.82) is 0 Å². The van der Waals surface area contributed by atoms with Crippen LogP contribution in [0.1, 0.15) is 6.92 Å². The molecule has 0 aromatic heterocycles. The van der Waals surface area contributed by atoms with Gasteiger partial charge in [-0.2, -0.15) is 0 Å². The quantitative estimate of drug-likeness (QED) is 0.333. The van der Waals surface area contributed by atoms with Crippen LogP contribution in [-0.2, 0) is 9.53 Å². The lowest BCUT2D eigenvalue weighted by Gasteiger charge is -1.96.